The van der Waals surface area contributed by atoms with Crippen LogP contribution in [0.3, 0.4) is 0 Å². The summed E-state index contributed by atoms with van der Waals surface area (Å²) in [5.74, 6) is 1.33. The van der Waals surface area contributed by atoms with Crippen LogP contribution >= 0.6 is 0 Å². The molecule has 108 valence electrons. The Balaban J connectivity index is 1.74. The van der Waals surface area contributed by atoms with Crippen LogP contribution in [0.1, 0.15) is 23.0 Å². The first-order valence-corrected chi connectivity index (χ1v) is 7.00. The van der Waals surface area contributed by atoms with Gasteiger partial charge in [0, 0.05) is 5.39 Å². The molecule has 0 saturated heterocycles. The molecule has 2 aromatic carbocycles. The molecule has 1 aromatic heterocycles. The van der Waals surface area contributed by atoms with Crippen molar-refractivity contribution in [2.24, 2.45) is 0 Å². The lowest BCUT2D eigenvalue weighted by atomic mass is 10.1. The van der Waals surface area contributed by atoms with E-state index in [1.165, 1.54) is 0 Å². The Labute approximate surface area is 123 Å². The predicted molar refractivity (Wildman–Crippen MR) is 82.6 cm³/mol. The highest BCUT2D eigenvalue weighted by atomic mass is 16.5. The number of hydrogen-bond donors (Lipinski definition) is 1. The predicted octanol–water partition coefficient (Wildman–Crippen LogP) is 4.16. The second-order valence-electron chi connectivity index (χ2n) is 5.28. The number of rotatable bonds is 4. The maximum absolute atomic E-state index is 10.2. The van der Waals surface area contributed by atoms with Crippen LogP contribution in [0.25, 0.3) is 11.0 Å². The minimum absolute atomic E-state index is 0.171. The average Bonchev–Trinajstić information content (AvgIpc) is 2.92. The van der Waals surface area contributed by atoms with Gasteiger partial charge >= 0.3 is 0 Å². The van der Waals surface area contributed by atoms with Gasteiger partial charge in [0.05, 0.1) is 0 Å². The third-order valence-electron chi connectivity index (χ3n) is 3.51. The topological polar surface area (TPSA) is 42.6 Å². The summed E-state index contributed by atoms with van der Waals surface area (Å²) in [7, 11) is 0. The highest BCUT2D eigenvalue weighted by Crippen LogP contribution is 2.25. The summed E-state index contributed by atoms with van der Waals surface area (Å²) in [5.41, 5.74) is 2.96. The molecule has 1 heterocycles. The van der Waals surface area contributed by atoms with Gasteiger partial charge in [-0.05, 0) is 43.2 Å². The molecule has 0 radical (unpaired) electrons. The van der Waals surface area contributed by atoms with Crippen molar-refractivity contribution >= 4 is 11.0 Å². The zero-order valence-corrected chi connectivity index (χ0v) is 12.2. The molecule has 1 atom stereocenters. The van der Waals surface area contributed by atoms with Crippen LogP contribution in [-0.2, 0) is 0 Å². The fraction of sp³-hybridized carbons (Fsp3) is 0.222. The van der Waals surface area contributed by atoms with Crippen molar-refractivity contribution < 1.29 is 14.3 Å². The van der Waals surface area contributed by atoms with Crippen LogP contribution in [0, 0.1) is 13.8 Å². The molecule has 1 unspecified atom stereocenters. The first kappa shape index (κ1) is 13.7. The first-order valence-electron chi connectivity index (χ1n) is 7.00. The van der Waals surface area contributed by atoms with Crippen molar-refractivity contribution in [1.82, 2.24) is 0 Å². The molecular weight excluding hydrogens is 264 g/mol. The second kappa shape index (κ2) is 5.62. The maximum atomic E-state index is 10.2. The van der Waals surface area contributed by atoms with Gasteiger partial charge in [0.25, 0.3) is 0 Å². The summed E-state index contributed by atoms with van der Waals surface area (Å²) in [6.07, 6.45) is -0.780. The Morgan fingerprint density at radius 2 is 1.90 bits per heavy atom. The Morgan fingerprint density at radius 1 is 1.10 bits per heavy atom. The lowest BCUT2D eigenvalue weighted by molar-refractivity contribution is 0.0900. The Hall–Kier alpha value is -2.26. The smallest absolute Gasteiger partial charge is 0.145 e. The van der Waals surface area contributed by atoms with E-state index in [2.05, 4.69) is 0 Å². The molecule has 1 N–H and O–H groups in total. The van der Waals surface area contributed by atoms with Crippen LogP contribution in [0.4, 0.5) is 0 Å². The van der Waals surface area contributed by atoms with Crippen LogP contribution in [0.5, 0.6) is 5.75 Å². The van der Waals surface area contributed by atoms with E-state index >= 15 is 0 Å². The Kier molecular flexibility index (Phi) is 3.67. The second-order valence-corrected chi connectivity index (χ2v) is 5.28. The molecule has 0 bridgehead atoms. The monoisotopic (exact) mass is 282 g/mol. The summed E-state index contributed by atoms with van der Waals surface area (Å²) < 4.78 is 11.4. The number of benzene rings is 2. The highest BCUT2D eigenvalue weighted by Gasteiger charge is 2.14. The van der Waals surface area contributed by atoms with E-state index in [4.69, 9.17) is 9.15 Å². The number of aliphatic hydroxyl groups excluding tert-OH is 1. The highest BCUT2D eigenvalue weighted by molar-refractivity contribution is 5.77. The van der Waals surface area contributed by atoms with E-state index in [1.54, 1.807) is 0 Å². The number of fused-ring (bicyclic) bond motifs is 1. The van der Waals surface area contributed by atoms with Crippen molar-refractivity contribution in [3.05, 3.63) is 65.4 Å². The van der Waals surface area contributed by atoms with Crippen LogP contribution in [-0.4, -0.2) is 11.7 Å². The van der Waals surface area contributed by atoms with Crippen LogP contribution in [0.2, 0.25) is 0 Å². The maximum Gasteiger partial charge on any atom is 0.145 e. The minimum Gasteiger partial charge on any atom is -0.490 e. The van der Waals surface area contributed by atoms with Gasteiger partial charge in [-0.1, -0.05) is 30.3 Å². The Morgan fingerprint density at radius 3 is 2.71 bits per heavy atom. The van der Waals surface area contributed by atoms with E-state index in [0.29, 0.717) is 5.76 Å². The number of aryl methyl sites for hydroxylation is 2. The molecule has 0 aliphatic carbocycles. The molecule has 21 heavy (non-hydrogen) atoms. The van der Waals surface area contributed by atoms with E-state index < -0.39 is 6.10 Å². The van der Waals surface area contributed by atoms with Crippen molar-refractivity contribution in [3.63, 3.8) is 0 Å². The molecule has 3 rings (SSSR count). The van der Waals surface area contributed by atoms with Crippen molar-refractivity contribution in [3.8, 4) is 5.75 Å². The summed E-state index contributed by atoms with van der Waals surface area (Å²) in [4.78, 5) is 0. The van der Waals surface area contributed by atoms with Gasteiger partial charge in [0.15, 0.2) is 0 Å². The molecule has 0 fully saturated rings. The molecule has 3 heteroatoms. The zero-order chi connectivity index (χ0) is 14.8. The van der Waals surface area contributed by atoms with Crippen LogP contribution in [0.15, 0.2) is 52.9 Å². The average molecular weight is 282 g/mol. The lowest BCUT2D eigenvalue weighted by Gasteiger charge is -2.12. The normalized spacial score (nSPS) is 12.5. The third-order valence-corrected chi connectivity index (χ3v) is 3.51. The standard InChI is InChI=1S/C18H18O3/c1-12-7-8-13(2)17(9-12)20-11-15(19)18-10-14-5-3-4-6-16(14)21-18/h3-10,15,19H,11H2,1-2H3. The van der Waals surface area contributed by atoms with E-state index in [-0.39, 0.29) is 6.61 Å². The summed E-state index contributed by atoms with van der Waals surface area (Å²) in [6, 6.07) is 15.6. The van der Waals surface area contributed by atoms with Crippen LogP contribution < -0.4 is 4.74 Å². The van der Waals surface area contributed by atoms with E-state index in [1.807, 2.05) is 62.4 Å². The summed E-state index contributed by atoms with van der Waals surface area (Å²) in [6.45, 7) is 4.18. The van der Waals surface area contributed by atoms with Gasteiger partial charge in [-0.25, -0.2) is 0 Å². The fourth-order valence-electron chi connectivity index (χ4n) is 2.28. The molecule has 0 aliphatic rings. The molecule has 3 aromatic rings. The lowest BCUT2D eigenvalue weighted by Crippen LogP contribution is -2.09. The summed E-state index contributed by atoms with van der Waals surface area (Å²) in [5, 5.41) is 11.2. The number of para-hydroxylation sites is 1. The summed E-state index contributed by atoms with van der Waals surface area (Å²) >= 11 is 0. The van der Waals surface area contributed by atoms with Gasteiger partial charge in [-0.15, -0.1) is 0 Å². The zero-order valence-electron chi connectivity index (χ0n) is 12.2. The molecule has 0 aliphatic heterocycles. The van der Waals surface area contributed by atoms with Crippen molar-refractivity contribution in [2.45, 2.75) is 20.0 Å². The number of furan rings is 1. The minimum atomic E-state index is -0.780. The van der Waals surface area contributed by atoms with Gasteiger partial charge in [-0.2, -0.15) is 0 Å². The molecule has 0 saturated carbocycles. The number of aliphatic hydroxyl groups is 1. The van der Waals surface area contributed by atoms with Crippen molar-refractivity contribution in [1.29, 1.82) is 0 Å². The quantitative estimate of drug-likeness (QED) is 0.781. The van der Waals surface area contributed by atoms with Gasteiger partial charge in [-0.3, -0.25) is 0 Å². The fourth-order valence-corrected chi connectivity index (χ4v) is 2.28. The number of hydrogen-bond acceptors (Lipinski definition) is 3. The Bertz CT molecular complexity index is 725. The van der Waals surface area contributed by atoms with Crippen molar-refractivity contribution in [2.75, 3.05) is 6.61 Å². The van der Waals surface area contributed by atoms with E-state index in [0.717, 1.165) is 27.8 Å². The van der Waals surface area contributed by atoms with Gasteiger partial charge < -0.3 is 14.3 Å². The molecule has 0 spiro atoms. The third kappa shape index (κ3) is 2.93. The SMILES string of the molecule is Cc1ccc(C)c(OCC(O)c2cc3ccccc3o2)c1. The molecule has 3 nitrogen and oxygen atoms in total. The van der Waals surface area contributed by atoms with E-state index in [9.17, 15) is 5.11 Å². The molecular formula is C18H18O3. The van der Waals surface area contributed by atoms with Gasteiger partial charge in [0.1, 0.15) is 29.8 Å². The number of ether oxygens (including phenoxy) is 1. The van der Waals surface area contributed by atoms with Gasteiger partial charge in [0.2, 0.25) is 0 Å². The largest absolute Gasteiger partial charge is 0.490 e. The first-order chi connectivity index (χ1) is 10.1. The molecule has 0 amide bonds.